The number of ether oxygens (including phenoxy) is 1. The van der Waals surface area contributed by atoms with Crippen molar-refractivity contribution in [3.63, 3.8) is 0 Å². The van der Waals surface area contributed by atoms with Gasteiger partial charge >= 0.3 is 0 Å². The molecule has 6 heteroatoms. The Hall–Kier alpha value is -2.63. The van der Waals surface area contributed by atoms with E-state index in [4.69, 9.17) is 4.74 Å². The number of carbonyl (C=O) groups is 1. The van der Waals surface area contributed by atoms with E-state index in [2.05, 4.69) is 10.3 Å². The standard InChI is InChI=1S/C19H25N3O3/c1-12-8-13(2)10-17(9-12)25-16(5)18(23)20-6-7-22-11-21-15(4)14(3)19(22)24/h8-11,16H,6-7H2,1-5H3,(H,20,23). The van der Waals surface area contributed by atoms with E-state index in [1.807, 2.05) is 32.0 Å². The Balaban J connectivity index is 1.89. The largest absolute Gasteiger partial charge is 0.481 e. The fourth-order valence-electron chi connectivity index (χ4n) is 2.54. The Morgan fingerprint density at radius 2 is 1.84 bits per heavy atom. The Labute approximate surface area is 147 Å². The van der Waals surface area contributed by atoms with Gasteiger partial charge in [0, 0.05) is 24.3 Å². The van der Waals surface area contributed by atoms with Gasteiger partial charge in [0.2, 0.25) is 0 Å². The third-order valence-electron chi connectivity index (χ3n) is 4.04. The van der Waals surface area contributed by atoms with Gasteiger partial charge in [-0.2, -0.15) is 0 Å². The van der Waals surface area contributed by atoms with Gasteiger partial charge in [0.15, 0.2) is 6.10 Å². The lowest BCUT2D eigenvalue weighted by Crippen LogP contribution is -2.39. The lowest BCUT2D eigenvalue weighted by molar-refractivity contribution is -0.127. The van der Waals surface area contributed by atoms with Crippen LogP contribution in [0.4, 0.5) is 0 Å². The molecule has 0 saturated carbocycles. The van der Waals surface area contributed by atoms with Gasteiger partial charge in [-0.3, -0.25) is 14.2 Å². The van der Waals surface area contributed by atoms with Crippen molar-refractivity contribution in [3.8, 4) is 5.75 Å². The SMILES string of the molecule is Cc1cc(C)cc(OC(C)C(=O)NCCn2cnc(C)c(C)c2=O)c1. The summed E-state index contributed by atoms with van der Waals surface area (Å²) in [6.45, 7) is 9.93. The van der Waals surface area contributed by atoms with Crippen molar-refractivity contribution in [1.29, 1.82) is 0 Å². The number of carbonyl (C=O) groups excluding carboxylic acids is 1. The number of amides is 1. The van der Waals surface area contributed by atoms with Crippen LogP contribution in [0.1, 0.15) is 29.3 Å². The van der Waals surface area contributed by atoms with Crippen LogP contribution < -0.4 is 15.6 Å². The molecule has 0 radical (unpaired) electrons. The van der Waals surface area contributed by atoms with Crippen LogP contribution in [0.15, 0.2) is 29.3 Å². The smallest absolute Gasteiger partial charge is 0.260 e. The molecular weight excluding hydrogens is 318 g/mol. The normalized spacial score (nSPS) is 11.9. The van der Waals surface area contributed by atoms with Crippen molar-refractivity contribution in [3.05, 3.63) is 57.3 Å². The van der Waals surface area contributed by atoms with E-state index in [1.165, 1.54) is 10.9 Å². The zero-order chi connectivity index (χ0) is 18.6. The molecule has 6 nitrogen and oxygen atoms in total. The molecule has 0 aliphatic carbocycles. The predicted octanol–water partition coefficient (Wildman–Crippen LogP) is 2.06. The highest BCUT2D eigenvalue weighted by atomic mass is 16.5. The van der Waals surface area contributed by atoms with Crippen LogP contribution in [0.25, 0.3) is 0 Å². The first-order chi connectivity index (χ1) is 11.8. The molecule has 1 heterocycles. The minimum atomic E-state index is -0.615. The van der Waals surface area contributed by atoms with Gasteiger partial charge in [-0.15, -0.1) is 0 Å². The number of nitrogens with one attached hydrogen (secondary N) is 1. The average Bonchev–Trinajstić information content (AvgIpc) is 2.53. The topological polar surface area (TPSA) is 73.2 Å². The number of aryl methyl sites for hydroxylation is 3. The first-order valence-corrected chi connectivity index (χ1v) is 8.33. The summed E-state index contributed by atoms with van der Waals surface area (Å²) < 4.78 is 7.20. The molecule has 1 unspecified atom stereocenters. The number of aromatic nitrogens is 2. The van der Waals surface area contributed by atoms with Gasteiger partial charge in [0.25, 0.3) is 11.5 Å². The van der Waals surface area contributed by atoms with Crippen LogP contribution >= 0.6 is 0 Å². The van der Waals surface area contributed by atoms with Crippen molar-refractivity contribution in [2.75, 3.05) is 6.54 Å². The number of nitrogens with zero attached hydrogens (tertiary/aromatic N) is 2. The molecule has 2 aromatic rings. The molecule has 0 bridgehead atoms. The molecule has 0 spiro atoms. The molecule has 0 aliphatic heterocycles. The Bertz CT molecular complexity index is 807. The van der Waals surface area contributed by atoms with Crippen LogP contribution in [0.3, 0.4) is 0 Å². The van der Waals surface area contributed by atoms with E-state index >= 15 is 0 Å². The molecule has 0 aliphatic rings. The van der Waals surface area contributed by atoms with Crippen molar-refractivity contribution in [2.45, 2.75) is 47.3 Å². The van der Waals surface area contributed by atoms with Crippen LogP contribution in [-0.4, -0.2) is 28.1 Å². The van der Waals surface area contributed by atoms with E-state index in [0.717, 1.165) is 16.8 Å². The summed E-state index contributed by atoms with van der Waals surface area (Å²) >= 11 is 0. The maximum atomic E-state index is 12.2. The molecule has 25 heavy (non-hydrogen) atoms. The summed E-state index contributed by atoms with van der Waals surface area (Å²) in [5, 5.41) is 2.79. The van der Waals surface area contributed by atoms with E-state index in [1.54, 1.807) is 20.8 Å². The molecule has 1 N–H and O–H groups in total. The minimum Gasteiger partial charge on any atom is -0.481 e. The Morgan fingerprint density at radius 1 is 1.20 bits per heavy atom. The quantitative estimate of drug-likeness (QED) is 0.871. The zero-order valence-corrected chi connectivity index (χ0v) is 15.4. The van der Waals surface area contributed by atoms with Crippen LogP contribution in [0.2, 0.25) is 0 Å². The number of hydrogen-bond acceptors (Lipinski definition) is 4. The summed E-state index contributed by atoms with van der Waals surface area (Å²) in [5.41, 5.74) is 3.44. The van der Waals surface area contributed by atoms with Crippen LogP contribution in [0.5, 0.6) is 5.75 Å². The highest BCUT2D eigenvalue weighted by molar-refractivity contribution is 5.80. The van der Waals surface area contributed by atoms with E-state index in [-0.39, 0.29) is 11.5 Å². The van der Waals surface area contributed by atoms with Gasteiger partial charge in [-0.25, -0.2) is 4.98 Å². The lowest BCUT2D eigenvalue weighted by Gasteiger charge is -2.16. The van der Waals surface area contributed by atoms with Gasteiger partial charge in [-0.05, 0) is 57.9 Å². The van der Waals surface area contributed by atoms with Crippen molar-refractivity contribution >= 4 is 5.91 Å². The number of hydrogen-bond donors (Lipinski definition) is 1. The summed E-state index contributed by atoms with van der Waals surface area (Å²) in [6.07, 6.45) is 0.891. The lowest BCUT2D eigenvalue weighted by atomic mass is 10.1. The minimum absolute atomic E-state index is 0.0821. The second-order valence-corrected chi connectivity index (χ2v) is 6.33. The molecule has 0 fully saturated rings. The second kappa shape index (κ2) is 7.96. The highest BCUT2D eigenvalue weighted by Crippen LogP contribution is 2.17. The molecule has 0 saturated heterocycles. The zero-order valence-electron chi connectivity index (χ0n) is 15.4. The fraction of sp³-hybridized carbons (Fsp3) is 0.421. The van der Waals surface area contributed by atoms with Gasteiger partial charge < -0.3 is 10.1 Å². The third-order valence-corrected chi connectivity index (χ3v) is 4.04. The molecule has 1 aromatic carbocycles. The Morgan fingerprint density at radius 3 is 2.48 bits per heavy atom. The summed E-state index contributed by atoms with van der Waals surface area (Å²) in [4.78, 5) is 28.4. The first kappa shape index (κ1) is 18.7. The van der Waals surface area contributed by atoms with Crippen molar-refractivity contribution in [2.24, 2.45) is 0 Å². The molecular formula is C19H25N3O3. The third kappa shape index (κ3) is 4.92. The first-order valence-electron chi connectivity index (χ1n) is 8.33. The van der Waals surface area contributed by atoms with Crippen LogP contribution in [-0.2, 0) is 11.3 Å². The predicted molar refractivity (Wildman–Crippen MR) is 97.0 cm³/mol. The fourth-order valence-corrected chi connectivity index (χ4v) is 2.54. The molecule has 1 atom stereocenters. The van der Waals surface area contributed by atoms with Crippen LogP contribution in [0, 0.1) is 27.7 Å². The summed E-state index contributed by atoms with van der Waals surface area (Å²) in [5.74, 6) is 0.457. The molecule has 2 rings (SSSR count). The van der Waals surface area contributed by atoms with Gasteiger partial charge in [-0.1, -0.05) is 6.07 Å². The highest BCUT2D eigenvalue weighted by Gasteiger charge is 2.14. The monoisotopic (exact) mass is 343 g/mol. The maximum absolute atomic E-state index is 12.2. The molecule has 134 valence electrons. The van der Waals surface area contributed by atoms with E-state index in [0.29, 0.717) is 24.4 Å². The second-order valence-electron chi connectivity index (χ2n) is 6.33. The van der Waals surface area contributed by atoms with Gasteiger partial charge in [0.1, 0.15) is 5.75 Å². The summed E-state index contributed by atoms with van der Waals surface area (Å²) in [6, 6.07) is 5.85. The Kier molecular flexibility index (Phi) is 5.96. The summed E-state index contributed by atoms with van der Waals surface area (Å²) in [7, 11) is 0. The number of benzene rings is 1. The van der Waals surface area contributed by atoms with Gasteiger partial charge in [0.05, 0.1) is 6.33 Å². The average molecular weight is 343 g/mol. The number of rotatable bonds is 6. The molecule has 1 amide bonds. The van der Waals surface area contributed by atoms with Crippen molar-refractivity contribution < 1.29 is 9.53 Å². The van der Waals surface area contributed by atoms with E-state index < -0.39 is 6.10 Å². The van der Waals surface area contributed by atoms with Crippen molar-refractivity contribution in [1.82, 2.24) is 14.9 Å². The molecule has 1 aromatic heterocycles. The van der Waals surface area contributed by atoms with E-state index in [9.17, 15) is 9.59 Å². The maximum Gasteiger partial charge on any atom is 0.260 e.